The summed E-state index contributed by atoms with van der Waals surface area (Å²) in [6.07, 6.45) is 3.43. The third-order valence-electron chi connectivity index (χ3n) is 5.22. The molecule has 0 spiro atoms. The van der Waals surface area contributed by atoms with Gasteiger partial charge in [-0.2, -0.15) is 0 Å². The number of para-hydroxylation sites is 1. The predicted octanol–water partition coefficient (Wildman–Crippen LogP) is 3.89. The van der Waals surface area contributed by atoms with Crippen LogP contribution in [0.25, 0.3) is 5.69 Å². The number of carbonyl (C=O) groups excluding carboxylic acids is 1. The van der Waals surface area contributed by atoms with Gasteiger partial charge in [0.05, 0.1) is 17.8 Å². The molecule has 7 heteroatoms. The maximum absolute atomic E-state index is 12.9. The Morgan fingerprint density at radius 1 is 0.968 bits per heavy atom. The highest BCUT2D eigenvalue weighted by Gasteiger charge is 2.29. The lowest BCUT2D eigenvalue weighted by Crippen LogP contribution is -2.17. The van der Waals surface area contributed by atoms with E-state index in [-0.39, 0.29) is 12.3 Å². The minimum atomic E-state index is -0.481. The largest absolute Gasteiger partial charge is 0.326 e. The van der Waals surface area contributed by atoms with E-state index in [1.54, 1.807) is 24.5 Å². The smallest absolute Gasteiger partial charge is 0.227 e. The number of nitrogens with zero attached hydrogens (tertiary/aromatic N) is 5. The van der Waals surface area contributed by atoms with Gasteiger partial charge in [0.2, 0.25) is 5.91 Å². The third-order valence-corrected chi connectivity index (χ3v) is 5.22. The molecule has 4 aromatic rings. The molecule has 1 atom stereocenters. The Morgan fingerprint density at radius 2 is 1.71 bits per heavy atom. The van der Waals surface area contributed by atoms with E-state index >= 15 is 0 Å². The van der Waals surface area contributed by atoms with Crippen molar-refractivity contribution in [1.82, 2.24) is 19.7 Å². The molecule has 1 amide bonds. The van der Waals surface area contributed by atoms with E-state index in [0.29, 0.717) is 11.5 Å². The molecule has 0 bridgehead atoms. The Hall–Kier alpha value is -4.13. The van der Waals surface area contributed by atoms with E-state index in [0.717, 1.165) is 28.4 Å². The second kappa shape index (κ2) is 7.95. The van der Waals surface area contributed by atoms with E-state index in [1.165, 1.54) is 0 Å². The summed E-state index contributed by atoms with van der Waals surface area (Å²) >= 11 is 0. The van der Waals surface area contributed by atoms with Crippen LogP contribution >= 0.6 is 0 Å². The SMILES string of the molecule is Cc1nnc2n1-c1ccccc1C(c1ccccc1)=NC2CC(=O)Nc1ccncc1. The van der Waals surface area contributed by atoms with Gasteiger partial charge in [0.1, 0.15) is 11.9 Å². The first-order chi connectivity index (χ1) is 15.2. The molecule has 152 valence electrons. The molecule has 1 aliphatic rings. The molecule has 0 fully saturated rings. The minimum absolute atomic E-state index is 0.144. The van der Waals surface area contributed by atoms with Gasteiger partial charge < -0.3 is 5.32 Å². The van der Waals surface area contributed by atoms with E-state index < -0.39 is 6.04 Å². The van der Waals surface area contributed by atoms with Crippen molar-refractivity contribution < 1.29 is 4.79 Å². The highest BCUT2D eigenvalue weighted by molar-refractivity contribution is 6.15. The highest BCUT2D eigenvalue weighted by Crippen LogP contribution is 2.32. The van der Waals surface area contributed by atoms with Crippen LogP contribution in [0.5, 0.6) is 0 Å². The molecule has 0 aliphatic carbocycles. The number of hydrogen-bond acceptors (Lipinski definition) is 5. The normalized spacial score (nSPS) is 14.7. The fourth-order valence-corrected chi connectivity index (χ4v) is 3.83. The molecule has 1 N–H and O–H groups in total. The zero-order chi connectivity index (χ0) is 21.2. The number of amides is 1. The van der Waals surface area contributed by atoms with Gasteiger partial charge in [0.25, 0.3) is 0 Å². The molecule has 2 aromatic heterocycles. The van der Waals surface area contributed by atoms with Gasteiger partial charge >= 0.3 is 0 Å². The van der Waals surface area contributed by atoms with E-state index in [4.69, 9.17) is 4.99 Å². The molecule has 3 heterocycles. The lowest BCUT2D eigenvalue weighted by molar-refractivity contribution is -0.116. The van der Waals surface area contributed by atoms with Gasteiger partial charge in [-0.05, 0) is 25.1 Å². The number of aromatic nitrogens is 4. The van der Waals surface area contributed by atoms with Gasteiger partial charge in [-0.15, -0.1) is 10.2 Å². The fourth-order valence-electron chi connectivity index (χ4n) is 3.83. The van der Waals surface area contributed by atoms with Crippen LogP contribution < -0.4 is 5.32 Å². The van der Waals surface area contributed by atoms with Crippen molar-refractivity contribution >= 4 is 17.3 Å². The topological polar surface area (TPSA) is 85.1 Å². The first kappa shape index (κ1) is 18.9. The van der Waals surface area contributed by atoms with Crippen molar-refractivity contribution in [3.63, 3.8) is 0 Å². The van der Waals surface area contributed by atoms with Crippen LogP contribution in [-0.4, -0.2) is 31.4 Å². The summed E-state index contributed by atoms with van der Waals surface area (Å²) in [7, 11) is 0. The fraction of sp³-hybridized carbons (Fsp3) is 0.125. The number of nitrogens with one attached hydrogen (secondary N) is 1. The maximum atomic E-state index is 12.9. The van der Waals surface area contributed by atoms with Crippen LogP contribution in [-0.2, 0) is 4.79 Å². The summed E-state index contributed by atoms with van der Waals surface area (Å²) in [5, 5.41) is 11.6. The Bertz CT molecular complexity index is 1260. The van der Waals surface area contributed by atoms with E-state index in [9.17, 15) is 4.79 Å². The highest BCUT2D eigenvalue weighted by atomic mass is 16.1. The summed E-state index contributed by atoms with van der Waals surface area (Å²) in [4.78, 5) is 21.9. The maximum Gasteiger partial charge on any atom is 0.227 e. The quantitative estimate of drug-likeness (QED) is 0.555. The number of rotatable bonds is 4. The van der Waals surface area contributed by atoms with Crippen LogP contribution in [0.4, 0.5) is 5.69 Å². The molecular formula is C24H20N6O. The monoisotopic (exact) mass is 408 g/mol. The van der Waals surface area contributed by atoms with Gasteiger partial charge in [0, 0.05) is 29.2 Å². The lowest BCUT2D eigenvalue weighted by atomic mass is 10.0. The van der Waals surface area contributed by atoms with Gasteiger partial charge in [-0.25, -0.2) is 0 Å². The second-order valence-electron chi connectivity index (χ2n) is 7.31. The Labute approximate surface area is 179 Å². The first-order valence-corrected chi connectivity index (χ1v) is 10.1. The van der Waals surface area contributed by atoms with Gasteiger partial charge in [-0.3, -0.25) is 19.3 Å². The number of benzene rings is 2. The molecule has 31 heavy (non-hydrogen) atoms. The van der Waals surface area contributed by atoms with Gasteiger partial charge in [-0.1, -0.05) is 48.5 Å². The number of fused-ring (bicyclic) bond motifs is 3. The molecule has 1 aliphatic heterocycles. The number of pyridine rings is 1. The minimum Gasteiger partial charge on any atom is -0.326 e. The molecule has 1 unspecified atom stereocenters. The number of aryl methyl sites for hydroxylation is 1. The Kier molecular flexibility index (Phi) is 4.84. The van der Waals surface area contributed by atoms with Gasteiger partial charge in [0.15, 0.2) is 5.82 Å². The lowest BCUT2D eigenvalue weighted by Gasteiger charge is -2.13. The van der Waals surface area contributed by atoms with E-state index in [2.05, 4.69) is 20.5 Å². The predicted molar refractivity (Wildman–Crippen MR) is 118 cm³/mol. The van der Waals surface area contributed by atoms with Crippen molar-refractivity contribution in [1.29, 1.82) is 0 Å². The average molecular weight is 408 g/mol. The van der Waals surface area contributed by atoms with Crippen molar-refractivity contribution in [2.24, 2.45) is 4.99 Å². The van der Waals surface area contributed by atoms with Crippen molar-refractivity contribution in [2.45, 2.75) is 19.4 Å². The molecule has 2 aromatic carbocycles. The van der Waals surface area contributed by atoms with Crippen molar-refractivity contribution in [2.75, 3.05) is 5.32 Å². The Balaban J connectivity index is 1.60. The summed E-state index contributed by atoms with van der Waals surface area (Å²) in [5.41, 5.74) is 4.46. The van der Waals surface area contributed by atoms with Crippen molar-refractivity contribution in [3.8, 4) is 5.69 Å². The number of aliphatic imine (C=N–C) groups is 1. The summed E-state index contributed by atoms with van der Waals surface area (Å²) in [5.74, 6) is 1.26. The molecule has 0 saturated heterocycles. The summed E-state index contributed by atoms with van der Waals surface area (Å²) in [6.45, 7) is 1.91. The second-order valence-corrected chi connectivity index (χ2v) is 7.31. The molecule has 0 radical (unpaired) electrons. The number of hydrogen-bond donors (Lipinski definition) is 1. The zero-order valence-electron chi connectivity index (χ0n) is 16.9. The van der Waals surface area contributed by atoms with Crippen LogP contribution in [0.1, 0.15) is 35.2 Å². The third kappa shape index (κ3) is 3.61. The molecule has 7 nitrogen and oxygen atoms in total. The van der Waals surface area contributed by atoms with Crippen LogP contribution in [0, 0.1) is 6.92 Å². The molecule has 5 rings (SSSR count). The first-order valence-electron chi connectivity index (χ1n) is 10.1. The van der Waals surface area contributed by atoms with Crippen LogP contribution in [0.15, 0.2) is 84.1 Å². The number of anilines is 1. The number of carbonyl (C=O) groups is 1. The standard InChI is InChI=1S/C24H20N6O/c1-16-28-29-24-20(15-22(31)26-18-11-13-25-14-12-18)27-23(17-7-3-2-4-8-17)19-9-5-6-10-21(19)30(16)24/h2-14,20H,15H2,1H3,(H,25,26,31). The molecular weight excluding hydrogens is 388 g/mol. The zero-order valence-corrected chi connectivity index (χ0v) is 16.9. The van der Waals surface area contributed by atoms with Crippen LogP contribution in [0.2, 0.25) is 0 Å². The molecule has 0 saturated carbocycles. The average Bonchev–Trinajstić information content (AvgIpc) is 3.12. The van der Waals surface area contributed by atoms with Crippen molar-refractivity contribution in [3.05, 3.63) is 102 Å². The summed E-state index contributed by atoms with van der Waals surface area (Å²) in [6, 6.07) is 21.1. The van der Waals surface area contributed by atoms with Crippen LogP contribution in [0.3, 0.4) is 0 Å². The summed E-state index contributed by atoms with van der Waals surface area (Å²) < 4.78 is 2.00. The van der Waals surface area contributed by atoms with E-state index in [1.807, 2.05) is 66.1 Å². The Morgan fingerprint density at radius 3 is 2.52 bits per heavy atom.